The lowest BCUT2D eigenvalue weighted by molar-refractivity contribution is 1.19. The van der Waals surface area contributed by atoms with E-state index in [9.17, 15) is 0 Å². The molecule has 0 aliphatic heterocycles. The monoisotopic (exact) mass is 208 g/mol. The van der Waals surface area contributed by atoms with E-state index in [0.29, 0.717) is 6.42 Å². The highest BCUT2D eigenvalue weighted by Crippen LogP contribution is 2.25. The Labute approximate surface area is 95.2 Å². The SMILES string of the molecule is Cc1ncccc1-c1ccccc1CC#N. The molecule has 2 rings (SSSR count). The Morgan fingerprint density at radius 3 is 2.62 bits per heavy atom. The van der Waals surface area contributed by atoms with Crippen molar-refractivity contribution in [1.82, 2.24) is 4.98 Å². The molecule has 0 unspecified atom stereocenters. The van der Waals surface area contributed by atoms with Crippen LogP contribution in [0.3, 0.4) is 0 Å². The van der Waals surface area contributed by atoms with Crippen molar-refractivity contribution in [2.45, 2.75) is 13.3 Å². The standard InChI is InChI=1S/C14H12N2/c1-11-13(7-4-10-16-11)14-6-3-2-5-12(14)8-9-15/h2-7,10H,8H2,1H3. The van der Waals surface area contributed by atoms with Gasteiger partial charge in [-0.05, 0) is 24.1 Å². The van der Waals surface area contributed by atoms with Crippen molar-refractivity contribution in [3.63, 3.8) is 0 Å². The van der Waals surface area contributed by atoms with Gasteiger partial charge < -0.3 is 0 Å². The van der Waals surface area contributed by atoms with Gasteiger partial charge in [-0.15, -0.1) is 0 Å². The predicted molar refractivity (Wildman–Crippen MR) is 63.7 cm³/mol. The van der Waals surface area contributed by atoms with Gasteiger partial charge in [0.05, 0.1) is 12.5 Å². The van der Waals surface area contributed by atoms with E-state index in [1.807, 2.05) is 43.3 Å². The van der Waals surface area contributed by atoms with Crippen molar-refractivity contribution >= 4 is 0 Å². The molecular weight excluding hydrogens is 196 g/mol. The minimum atomic E-state index is 0.435. The van der Waals surface area contributed by atoms with E-state index >= 15 is 0 Å². The molecule has 0 N–H and O–H groups in total. The summed E-state index contributed by atoms with van der Waals surface area (Å²) in [6, 6.07) is 14.1. The largest absolute Gasteiger partial charge is 0.261 e. The summed E-state index contributed by atoms with van der Waals surface area (Å²) in [5, 5.41) is 8.79. The highest BCUT2D eigenvalue weighted by molar-refractivity contribution is 5.69. The first-order valence-corrected chi connectivity index (χ1v) is 5.20. The Morgan fingerprint density at radius 2 is 1.88 bits per heavy atom. The molecule has 0 spiro atoms. The molecule has 0 saturated carbocycles. The second-order valence-electron chi connectivity index (χ2n) is 3.63. The normalized spacial score (nSPS) is 9.75. The van der Waals surface area contributed by atoms with Crippen LogP contribution in [0.5, 0.6) is 0 Å². The van der Waals surface area contributed by atoms with E-state index in [0.717, 1.165) is 22.4 Å². The van der Waals surface area contributed by atoms with Gasteiger partial charge in [-0.25, -0.2) is 0 Å². The zero-order valence-corrected chi connectivity index (χ0v) is 9.14. The molecule has 0 radical (unpaired) electrons. The van der Waals surface area contributed by atoms with Crippen LogP contribution in [0.25, 0.3) is 11.1 Å². The van der Waals surface area contributed by atoms with Gasteiger partial charge in [-0.2, -0.15) is 5.26 Å². The summed E-state index contributed by atoms with van der Waals surface area (Å²) in [5.74, 6) is 0. The van der Waals surface area contributed by atoms with Gasteiger partial charge in [0.15, 0.2) is 0 Å². The molecule has 2 heteroatoms. The van der Waals surface area contributed by atoms with Gasteiger partial charge in [0.2, 0.25) is 0 Å². The molecule has 1 heterocycles. The summed E-state index contributed by atoms with van der Waals surface area (Å²) in [7, 11) is 0. The molecular formula is C14H12N2. The van der Waals surface area contributed by atoms with E-state index in [4.69, 9.17) is 5.26 Å². The van der Waals surface area contributed by atoms with E-state index in [1.54, 1.807) is 6.20 Å². The van der Waals surface area contributed by atoms with E-state index in [-0.39, 0.29) is 0 Å². The van der Waals surface area contributed by atoms with Gasteiger partial charge in [0, 0.05) is 17.5 Å². The number of rotatable bonds is 2. The van der Waals surface area contributed by atoms with Crippen LogP contribution in [0.15, 0.2) is 42.6 Å². The predicted octanol–water partition coefficient (Wildman–Crippen LogP) is 3.12. The first-order valence-electron chi connectivity index (χ1n) is 5.20. The maximum Gasteiger partial charge on any atom is 0.0669 e. The highest BCUT2D eigenvalue weighted by Gasteiger charge is 2.06. The van der Waals surface area contributed by atoms with Gasteiger partial charge in [0.1, 0.15) is 0 Å². The van der Waals surface area contributed by atoms with Crippen LogP contribution in [0.4, 0.5) is 0 Å². The van der Waals surface area contributed by atoms with Crippen LogP contribution < -0.4 is 0 Å². The molecule has 0 aliphatic rings. The third kappa shape index (κ3) is 1.94. The van der Waals surface area contributed by atoms with Crippen molar-refractivity contribution in [2.24, 2.45) is 0 Å². The lowest BCUT2D eigenvalue weighted by Crippen LogP contribution is -1.91. The molecule has 16 heavy (non-hydrogen) atoms. The molecule has 1 aromatic heterocycles. The number of nitriles is 1. The third-order valence-corrected chi connectivity index (χ3v) is 2.58. The summed E-state index contributed by atoms with van der Waals surface area (Å²) in [4.78, 5) is 4.27. The second kappa shape index (κ2) is 4.59. The van der Waals surface area contributed by atoms with E-state index in [1.165, 1.54) is 0 Å². The summed E-state index contributed by atoms with van der Waals surface area (Å²) in [6.07, 6.45) is 2.22. The van der Waals surface area contributed by atoms with Crippen LogP contribution in [0, 0.1) is 18.3 Å². The Hall–Kier alpha value is -2.14. The fourth-order valence-electron chi connectivity index (χ4n) is 1.79. The molecule has 0 bridgehead atoms. The van der Waals surface area contributed by atoms with Crippen molar-refractivity contribution in [3.05, 3.63) is 53.9 Å². The lowest BCUT2D eigenvalue weighted by Gasteiger charge is -2.08. The van der Waals surface area contributed by atoms with E-state index in [2.05, 4.69) is 11.1 Å². The molecule has 0 saturated heterocycles. The van der Waals surface area contributed by atoms with Gasteiger partial charge in [0.25, 0.3) is 0 Å². The smallest absolute Gasteiger partial charge is 0.0669 e. The fourth-order valence-corrected chi connectivity index (χ4v) is 1.79. The zero-order chi connectivity index (χ0) is 11.4. The average molecular weight is 208 g/mol. The molecule has 2 nitrogen and oxygen atoms in total. The van der Waals surface area contributed by atoms with E-state index < -0.39 is 0 Å². The molecule has 78 valence electrons. The van der Waals surface area contributed by atoms with Crippen molar-refractivity contribution < 1.29 is 0 Å². The molecule has 0 atom stereocenters. The molecule has 0 amide bonds. The number of nitrogens with zero attached hydrogens (tertiary/aromatic N) is 2. The van der Waals surface area contributed by atoms with Crippen molar-refractivity contribution in [2.75, 3.05) is 0 Å². The number of hydrogen-bond donors (Lipinski definition) is 0. The van der Waals surface area contributed by atoms with Gasteiger partial charge in [-0.1, -0.05) is 30.3 Å². The number of hydrogen-bond acceptors (Lipinski definition) is 2. The number of benzene rings is 1. The van der Waals surface area contributed by atoms with Crippen LogP contribution >= 0.6 is 0 Å². The molecule has 0 aliphatic carbocycles. The zero-order valence-electron chi connectivity index (χ0n) is 9.14. The second-order valence-corrected chi connectivity index (χ2v) is 3.63. The van der Waals surface area contributed by atoms with Gasteiger partial charge >= 0.3 is 0 Å². The average Bonchev–Trinajstić information content (AvgIpc) is 2.31. The summed E-state index contributed by atoms with van der Waals surface area (Å²) in [5.41, 5.74) is 4.26. The lowest BCUT2D eigenvalue weighted by atomic mass is 9.97. The topological polar surface area (TPSA) is 36.7 Å². The Morgan fingerprint density at radius 1 is 1.12 bits per heavy atom. The maximum atomic E-state index is 8.79. The third-order valence-electron chi connectivity index (χ3n) is 2.58. The van der Waals surface area contributed by atoms with Crippen molar-refractivity contribution in [1.29, 1.82) is 5.26 Å². The van der Waals surface area contributed by atoms with Crippen LogP contribution in [-0.2, 0) is 6.42 Å². The summed E-state index contributed by atoms with van der Waals surface area (Å²) in [6.45, 7) is 1.98. The number of aryl methyl sites for hydroxylation is 1. The Bertz CT molecular complexity index is 538. The quantitative estimate of drug-likeness (QED) is 0.760. The molecule has 1 aromatic carbocycles. The Kier molecular flexibility index (Phi) is 2.98. The summed E-state index contributed by atoms with van der Waals surface area (Å²) >= 11 is 0. The van der Waals surface area contributed by atoms with Crippen LogP contribution in [-0.4, -0.2) is 4.98 Å². The van der Waals surface area contributed by atoms with Gasteiger partial charge in [-0.3, -0.25) is 4.98 Å². The Balaban J connectivity index is 2.57. The number of pyridine rings is 1. The van der Waals surface area contributed by atoms with Crippen LogP contribution in [0.1, 0.15) is 11.3 Å². The molecule has 0 fully saturated rings. The highest BCUT2D eigenvalue weighted by atomic mass is 14.7. The minimum Gasteiger partial charge on any atom is -0.261 e. The van der Waals surface area contributed by atoms with Crippen LogP contribution in [0.2, 0.25) is 0 Å². The first-order chi connectivity index (χ1) is 7.83. The number of aromatic nitrogens is 1. The first kappa shape index (κ1) is 10.4. The maximum absolute atomic E-state index is 8.79. The summed E-state index contributed by atoms with van der Waals surface area (Å²) < 4.78 is 0. The molecule has 2 aromatic rings. The van der Waals surface area contributed by atoms with Crippen molar-refractivity contribution in [3.8, 4) is 17.2 Å². The minimum absolute atomic E-state index is 0.435. The fraction of sp³-hybridized carbons (Fsp3) is 0.143.